The molecular weight excluding hydrogens is 428 g/mol. The molecule has 1 aliphatic heterocycles. The number of amidine groups is 1. The predicted octanol–water partition coefficient (Wildman–Crippen LogP) is 0.581. The molecule has 1 saturated heterocycles. The van der Waals surface area contributed by atoms with Crippen LogP contribution in [0.5, 0.6) is 0 Å². The standard InChI is InChI=1S/C22H24N6O5/c23-20(24)14-3-5-16(6-4-14)26-18(29)7-9-27-10-11-28(22(33)21(27)32)17(12-19(30)31)15-2-1-8-25-13-15/h1-6,8,13,17H,7,9-12H2,(H3,23,24)(H,26,29)(H,30,31). The van der Waals surface area contributed by atoms with E-state index in [2.05, 4.69) is 10.3 Å². The first-order valence-electron chi connectivity index (χ1n) is 10.2. The van der Waals surface area contributed by atoms with Gasteiger partial charge in [-0.25, -0.2) is 0 Å². The van der Waals surface area contributed by atoms with Crippen LogP contribution in [-0.2, 0) is 19.2 Å². The lowest BCUT2D eigenvalue weighted by molar-refractivity contribution is -0.159. The number of aromatic nitrogens is 1. The highest BCUT2D eigenvalue weighted by Gasteiger charge is 2.37. The van der Waals surface area contributed by atoms with Crippen molar-refractivity contribution in [2.75, 3.05) is 25.0 Å². The Morgan fingerprint density at radius 1 is 1.15 bits per heavy atom. The molecule has 11 nitrogen and oxygen atoms in total. The maximum Gasteiger partial charge on any atom is 0.312 e. The summed E-state index contributed by atoms with van der Waals surface area (Å²) in [6.45, 7) is 0.374. The molecule has 2 heterocycles. The molecule has 1 unspecified atom stereocenters. The Hall–Kier alpha value is -4.28. The van der Waals surface area contributed by atoms with E-state index in [4.69, 9.17) is 11.1 Å². The minimum absolute atomic E-state index is 0.0192. The molecule has 0 spiro atoms. The number of pyridine rings is 1. The topological polar surface area (TPSA) is 170 Å². The van der Waals surface area contributed by atoms with Crippen molar-refractivity contribution in [3.05, 3.63) is 59.9 Å². The van der Waals surface area contributed by atoms with Gasteiger partial charge in [0.1, 0.15) is 5.84 Å². The summed E-state index contributed by atoms with van der Waals surface area (Å²) in [4.78, 5) is 55.5. The fourth-order valence-corrected chi connectivity index (χ4v) is 3.54. The third kappa shape index (κ3) is 5.91. The second-order valence-electron chi connectivity index (χ2n) is 7.48. The highest BCUT2D eigenvalue weighted by Crippen LogP contribution is 2.26. The third-order valence-electron chi connectivity index (χ3n) is 5.24. The summed E-state index contributed by atoms with van der Waals surface area (Å²) in [6, 6.07) is 8.93. The van der Waals surface area contributed by atoms with E-state index < -0.39 is 23.8 Å². The lowest BCUT2D eigenvalue weighted by Crippen LogP contribution is -2.55. The number of carboxylic acid groups (broad SMARTS) is 1. The van der Waals surface area contributed by atoms with E-state index in [9.17, 15) is 24.3 Å². The second kappa shape index (κ2) is 10.4. The van der Waals surface area contributed by atoms with Crippen LogP contribution in [0.4, 0.5) is 5.69 Å². The molecule has 1 fully saturated rings. The molecule has 0 saturated carbocycles. The summed E-state index contributed by atoms with van der Waals surface area (Å²) in [6.07, 6.45) is 2.64. The van der Waals surface area contributed by atoms with Crippen LogP contribution < -0.4 is 11.1 Å². The van der Waals surface area contributed by atoms with Crippen LogP contribution in [0.2, 0.25) is 0 Å². The summed E-state index contributed by atoms with van der Waals surface area (Å²) in [5.41, 5.74) is 6.98. The van der Waals surface area contributed by atoms with Crippen molar-refractivity contribution in [2.24, 2.45) is 5.73 Å². The number of anilines is 1. The summed E-state index contributed by atoms with van der Waals surface area (Å²) in [5, 5.41) is 19.3. The quantitative estimate of drug-likeness (QED) is 0.245. The van der Waals surface area contributed by atoms with Crippen LogP contribution in [-0.4, -0.2) is 69.1 Å². The fraction of sp³-hybridized carbons (Fsp3) is 0.273. The van der Waals surface area contributed by atoms with Crippen molar-refractivity contribution >= 4 is 35.2 Å². The first-order valence-corrected chi connectivity index (χ1v) is 10.2. The van der Waals surface area contributed by atoms with Crippen molar-refractivity contribution in [3.8, 4) is 0 Å². The molecule has 1 aromatic carbocycles. The van der Waals surface area contributed by atoms with Gasteiger partial charge in [0.25, 0.3) is 0 Å². The van der Waals surface area contributed by atoms with Gasteiger partial charge >= 0.3 is 17.8 Å². The maximum atomic E-state index is 12.7. The number of hydrogen-bond acceptors (Lipinski definition) is 6. The molecule has 1 atom stereocenters. The zero-order chi connectivity index (χ0) is 24.0. The summed E-state index contributed by atoms with van der Waals surface area (Å²) in [5.74, 6) is -3.10. The number of hydrogen-bond donors (Lipinski definition) is 4. The van der Waals surface area contributed by atoms with Crippen molar-refractivity contribution in [2.45, 2.75) is 18.9 Å². The maximum absolute atomic E-state index is 12.7. The van der Waals surface area contributed by atoms with E-state index >= 15 is 0 Å². The number of nitrogens with two attached hydrogens (primary N) is 1. The second-order valence-corrected chi connectivity index (χ2v) is 7.48. The summed E-state index contributed by atoms with van der Waals surface area (Å²) in [7, 11) is 0. The van der Waals surface area contributed by atoms with Gasteiger partial charge in [0.05, 0.1) is 12.5 Å². The predicted molar refractivity (Wildman–Crippen MR) is 118 cm³/mol. The van der Waals surface area contributed by atoms with Gasteiger partial charge in [0.2, 0.25) is 5.91 Å². The van der Waals surface area contributed by atoms with Gasteiger partial charge in [0, 0.05) is 49.7 Å². The Morgan fingerprint density at radius 2 is 1.88 bits per heavy atom. The molecule has 0 bridgehead atoms. The molecule has 1 aliphatic rings. The molecule has 33 heavy (non-hydrogen) atoms. The number of carbonyl (C=O) groups is 4. The van der Waals surface area contributed by atoms with Crippen molar-refractivity contribution in [1.82, 2.24) is 14.8 Å². The number of rotatable bonds is 9. The molecule has 5 N–H and O–H groups in total. The number of aliphatic carboxylic acids is 1. The number of nitrogens with one attached hydrogen (secondary N) is 2. The van der Waals surface area contributed by atoms with Gasteiger partial charge in [-0.05, 0) is 35.9 Å². The largest absolute Gasteiger partial charge is 0.481 e. The number of carboxylic acids is 1. The van der Waals surface area contributed by atoms with E-state index in [1.165, 1.54) is 22.2 Å². The SMILES string of the molecule is N=C(N)c1ccc(NC(=O)CCN2CCN(C(CC(=O)O)c3cccnc3)C(=O)C2=O)cc1. The first-order chi connectivity index (χ1) is 15.8. The van der Waals surface area contributed by atoms with Gasteiger partial charge in [0.15, 0.2) is 0 Å². The van der Waals surface area contributed by atoms with E-state index in [-0.39, 0.29) is 44.2 Å². The lowest BCUT2D eigenvalue weighted by atomic mass is 10.0. The average Bonchev–Trinajstić information content (AvgIpc) is 2.79. The third-order valence-corrected chi connectivity index (χ3v) is 5.24. The van der Waals surface area contributed by atoms with Crippen LogP contribution in [0.25, 0.3) is 0 Å². The van der Waals surface area contributed by atoms with Crippen LogP contribution in [0.1, 0.15) is 30.0 Å². The number of amides is 3. The number of benzene rings is 1. The number of carbonyl (C=O) groups excluding carboxylic acids is 3. The van der Waals surface area contributed by atoms with E-state index in [1.54, 1.807) is 36.4 Å². The Kier molecular flexibility index (Phi) is 7.34. The van der Waals surface area contributed by atoms with Crippen molar-refractivity contribution in [1.29, 1.82) is 5.41 Å². The minimum atomic E-state index is -1.10. The fourth-order valence-electron chi connectivity index (χ4n) is 3.54. The van der Waals surface area contributed by atoms with Crippen molar-refractivity contribution < 1.29 is 24.3 Å². The number of nitrogen functional groups attached to an aromatic ring is 1. The Balaban J connectivity index is 1.58. The molecular formula is C22H24N6O5. The molecule has 3 amide bonds. The van der Waals surface area contributed by atoms with Gasteiger partial charge in [-0.3, -0.25) is 29.6 Å². The van der Waals surface area contributed by atoms with Gasteiger partial charge in [-0.2, -0.15) is 0 Å². The summed E-state index contributed by atoms with van der Waals surface area (Å²) < 4.78 is 0. The molecule has 3 rings (SSSR count). The van der Waals surface area contributed by atoms with Crippen LogP contribution in [0, 0.1) is 5.41 Å². The normalized spacial score (nSPS) is 14.7. The van der Waals surface area contributed by atoms with E-state index in [0.29, 0.717) is 16.8 Å². The summed E-state index contributed by atoms with van der Waals surface area (Å²) >= 11 is 0. The molecule has 11 heteroatoms. The highest BCUT2D eigenvalue weighted by molar-refractivity contribution is 6.35. The highest BCUT2D eigenvalue weighted by atomic mass is 16.4. The average molecular weight is 452 g/mol. The van der Waals surface area contributed by atoms with E-state index in [0.717, 1.165) is 0 Å². The van der Waals surface area contributed by atoms with Crippen LogP contribution >= 0.6 is 0 Å². The molecule has 2 aromatic rings. The Labute approximate surface area is 189 Å². The van der Waals surface area contributed by atoms with Gasteiger partial charge < -0.3 is 26.0 Å². The van der Waals surface area contributed by atoms with Crippen LogP contribution in [0.15, 0.2) is 48.8 Å². The monoisotopic (exact) mass is 452 g/mol. The van der Waals surface area contributed by atoms with Crippen molar-refractivity contribution in [3.63, 3.8) is 0 Å². The number of piperazine rings is 1. The van der Waals surface area contributed by atoms with E-state index in [1.807, 2.05) is 0 Å². The molecule has 0 aliphatic carbocycles. The zero-order valence-corrected chi connectivity index (χ0v) is 17.7. The van der Waals surface area contributed by atoms with Crippen LogP contribution in [0.3, 0.4) is 0 Å². The first kappa shape index (κ1) is 23.4. The Bertz CT molecular complexity index is 1060. The minimum Gasteiger partial charge on any atom is -0.481 e. The smallest absolute Gasteiger partial charge is 0.312 e. The Morgan fingerprint density at radius 3 is 2.48 bits per heavy atom. The van der Waals surface area contributed by atoms with Gasteiger partial charge in [-0.15, -0.1) is 0 Å². The lowest BCUT2D eigenvalue weighted by Gasteiger charge is -2.38. The zero-order valence-electron chi connectivity index (χ0n) is 17.7. The van der Waals surface area contributed by atoms with Gasteiger partial charge in [-0.1, -0.05) is 6.07 Å². The molecule has 1 aromatic heterocycles. The number of nitrogens with zero attached hydrogens (tertiary/aromatic N) is 3. The molecule has 0 radical (unpaired) electrons. The molecule has 172 valence electrons.